The molecule has 6 rings (SSSR count). The highest BCUT2D eigenvalue weighted by atomic mass is 35.5. The maximum Gasteiger partial charge on any atom is 0.511 e. The van der Waals surface area contributed by atoms with Crippen LogP contribution in [0.15, 0.2) is 126 Å². The molecule has 2 aromatic heterocycles. The van der Waals surface area contributed by atoms with E-state index in [0.717, 1.165) is 22.9 Å². The molecule has 0 saturated carbocycles. The number of carbonyl (C=O) groups excluding carboxylic acids is 2. The number of halogens is 1. The third-order valence-corrected chi connectivity index (χ3v) is 9.28. The number of nitriles is 2. The summed E-state index contributed by atoms with van der Waals surface area (Å²) in [5.74, 6) is 1.54. The summed E-state index contributed by atoms with van der Waals surface area (Å²) in [7, 11) is 4.83. The zero-order chi connectivity index (χ0) is 46.7. The van der Waals surface area contributed by atoms with Gasteiger partial charge >= 0.3 is 12.2 Å². The first-order valence-corrected chi connectivity index (χ1v) is 20.6. The van der Waals surface area contributed by atoms with Crippen molar-refractivity contribution in [2.75, 3.05) is 33.3 Å². The van der Waals surface area contributed by atoms with Crippen LogP contribution < -0.4 is 20.1 Å². The van der Waals surface area contributed by atoms with E-state index in [0.29, 0.717) is 56.2 Å². The Morgan fingerprint density at radius 2 is 1.52 bits per heavy atom. The highest BCUT2D eigenvalue weighted by molar-refractivity contribution is 6.30. The monoisotopic (exact) mass is 894 g/mol. The Hall–Kier alpha value is -8.08. The summed E-state index contributed by atoms with van der Waals surface area (Å²) in [6.45, 7) is 5.06. The SMILES string of the molecule is CC(C)OC(=O)OCOc1c(C(Nc2ncccn2)c2cccc(C#N)c2)ccc2cccnc12.CC/C=N\C(=NC)NC(c1cccc(C#N)c1)c1cc(Cl)ccc1OC(=O)N(C)C. The van der Waals surface area contributed by atoms with Crippen molar-refractivity contribution in [1.82, 2.24) is 25.2 Å². The Morgan fingerprint density at radius 1 is 0.846 bits per heavy atom. The molecule has 2 N–H and O–H groups in total. The number of hydrogen-bond acceptors (Lipinski definition) is 13. The first-order chi connectivity index (χ1) is 31.4. The number of ether oxygens (including phenoxy) is 4. The van der Waals surface area contributed by atoms with E-state index in [2.05, 4.69) is 47.7 Å². The Kier molecular flexibility index (Phi) is 17.7. The minimum Gasteiger partial charge on any atom is -0.455 e. The molecule has 65 heavy (non-hydrogen) atoms. The number of fused-ring (bicyclic) bond motifs is 1. The quantitative estimate of drug-likeness (QED) is 0.0480. The van der Waals surface area contributed by atoms with E-state index in [1.165, 1.54) is 4.90 Å². The summed E-state index contributed by atoms with van der Waals surface area (Å²) in [6.07, 6.45) is 5.74. The molecule has 0 spiro atoms. The van der Waals surface area contributed by atoms with E-state index >= 15 is 0 Å². The molecule has 0 aliphatic carbocycles. The number of nitrogens with one attached hydrogen (secondary N) is 2. The lowest BCUT2D eigenvalue weighted by Gasteiger charge is -2.23. The van der Waals surface area contributed by atoms with Crippen molar-refractivity contribution in [2.45, 2.75) is 45.4 Å². The number of carbonyl (C=O) groups is 2. The third kappa shape index (κ3) is 13.7. The second-order valence-corrected chi connectivity index (χ2v) is 14.7. The fourth-order valence-corrected chi connectivity index (χ4v) is 6.31. The fourth-order valence-electron chi connectivity index (χ4n) is 6.13. The van der Waals surface area contributed by atoms with Crippen molar-refractivity contribution < 1.29 is 28.5 Å². The molecule has 2 unspecified atom stereocenters. The molecule has 17 heteroatoms. The number of aromatic nitrogens is 3. The predicted octanol–water partition coefficient (Wildman–Crippen LogP) is 9.41. The van der Waals surface area contributed by atoms with Crippen LogP contribution in [0.25, 0.3) is 10.9 Å². The van der Waals surface area contributed by atoms with Gasteiger partial charge in [-0.3, -0.25) is 9.98 Å². The van der Waals surface area contributed by atoms with Gasteiger partial charge in [0.2, 0.25) is 18.7 Å². The van der Waals surface area contributed by atoms with Crippen LogP contribution in [0.4, 0.5) is 15.5 Å². The molecular formula is C48H47ClN10O6. The summed E-state index contributed by atoms with van der Waals surface area (Å²) >= 11 is 6.27. The van der Waals surface area contributed by atoms with Gasteiger partial charge in [-0.15, -0.1) is 0 Å². The molecule has 2 atom stereocenters. The van der Waals surface area contributed by atoms with Gasteiger partial charge in [-0.05, 0) is 86.0 Å². The van der Waals surface area contributed by atoms with E-state index in [-0.39, 0.29) is 12.9 Å². The van der Waals surface area contributed by atoms with Crippen LogP contribution in [-0.4, -0.2) is 78.3 Å². The Bertz CT molecular complexity index is 2720. The number of rotatable bonds is 13. The van der Waals surface area contributed by atoms with E-state index in [1.54, 1.807) is 120 Å². The highest BCUT2D eigenvalue weighted by Crippen LogP contribution is 2.38. The lowest BCUT2D eigenvalue weighted by atomic mass is 9.95. The maximum atomic E-state index is 12.2. The zero-order valence-electron chi connectivity index (χ0n) is 36.6. The van der Waals surface area contributed by atoms with Crippen molar-refractivity contribution in [2.24, 2.45) is 9.98 Å². The smallest absolute Gasteiger partial charge is 0.455 e. The van der Waals surface area contributed by atoms with Crippen molar-refractivity contribution in [1.29, 1.82) is 10.5 Å². The normalized spacial score (nSPS) is 11.9. The molecule has 0 fully saturated rings. The average Bonchev–Trinajstić information content (AvgIpc) is 3.32. The second kappa shape index (κ2) is 23.9. The number of benzene rings is 4. The summed E-state index contributed by atoms with van der Waals surface area (Å²) in [4.78, 5) is 47.0. The largest absolute Gasteiger partial charge is 0.511 e. The number of guanidine groups is 1. The number of aliphatic imine (C=N–C) groups is 2. The predicted molar refractivity (Wildman–Crippen MR) is 248 cm³/mol. The molecule has 0 radical (unpaired) electrons. The van der Waals surface area contributed by atoms with Crippen LogP contribution in [-0.2, 0) is 9.47 Å². The topological polar surface area (TPSA) is 209 Å². The molecular weight excluding hydrogens is 848 g/mol. The number of pyridine rings is 1. The summed E-state index contributed by atoms with van der Waals surface area (Å²) in [5, 5.41) is 26.7. The van der Waals surface area contributed by atoms with Gasteiger partial charge in [0, 0.05) is 67.5 Å². The van der Waals surface area contributed by atoms with Gasteiger partial charge in [0.05, 0.1) is 41.5 Å². The van der Waals surface area contributed by atoms with E-state index in [4.69, 9.17) is 30.5 Å². The van der Waals surface area contributed by atoms with Gasteiger partial charge in [-0.1, -0.05) is 61.0 Å². The fraction of sp³-hybridized carbons (Fsp3) is 0.229. The number of nitrogens with zero attached hydrogens (tertiary/aromatic N) is 8. The van der Waals surface area contributed by atoms with Crippen LogP contribution in [0.2, 0.25) is 5.02 Å². The molecule has 2 heterocycles. The number of hydrogen-bond donors (Lipinski definition) is 2. The van der Waals surface area contributed by atoms with E-state index < -0.39 is 24.3 Å². The maximum absolute atomic E-state index is 12.2. The number of amides is 1. The first-order valence-electron chi connectivity index (χ1n) is 20.3. The van der Waals surface area contributed by atoms with Crippen LogP contribution in [0.3, 0.4) is 0 Å². The lowest BCUT2D eigenvalue weighted by Crippen LogP contribution is -2.30. The highest BCUT2D eigenvalue weighted by Gasteiger charge is 2.25. The Balaban J connectivity index is 0.000000248. The molecule has 0 aliphatic heterocycles. The van der Waals surface area contributed by atoms with Gasteiger partial charge in [0.15, 0.2) is 5.75 Å². The summed E-state index contributed by atoms with van der Waals surface area (Å²) in [6, 6.07) is 31.9. The molecule has 4 aromatic carbocycles. The molecule has 16 nitrogen and oxygen atoms in total. The Morgan fingerprint density at radius 3 is 2.15 bits per heavy atom. The molecule has 0 saturated heterocycles. The third-order valence-electron chi connectivity index (χ3n) is 9.05. The number of anilines is 1. The van der Waals surface area contributed by atoms with Gasteiger partial charge in [-0.25, -0.2) is 24.5 Å². The van der Waals surface area contributed by atoms with Crippen LogP contribution >= 0.6 is 11.6 Å². The minimum atomic E-state index is -0.830. The minimum absolute atomic E-state index is 0.316. The molecule has 332 valence electrons. The van der Waals surface area contributed by atoms with Crippen LogP contribution in [0, 0.1) is 22.7 Å². The molecule has 0 bridgehead atoms. The molecule has 6 aromatic rings. The lowest BCUT2D eigenvalue weighted by molar-refractivity contribution is -0.00809. The van der Waals surface area contributed by atoms with Crippen molar-refractivity contribution in [3.8, 4) is 23.6 Å². The van der Waals surface area contributed by atoms with Gasteiger partial charge < -0.3 is 34.5 Å². The zero-order valence-corrected chi connectivity index (χ0v) is 37.4. The van der Waals surface area contributed by atoms with Gasteiger partial charge in [0.1, 0.15) is 11.3 Å². The van der Waals surface area contributed by atoms with Crippen LogP contribution in [0.1, 0.15) is 72.7 Å². The summed E-state index contributed by atoms with van der Waals surface area (Å²) in [5.41, 5.74) is 4.45. The Labute approximate surface area is 382 Å². The molecule has 1 amide bonds. The van der Waals surface area contributed by atoms with E-state index in [9.17, 15) is 20.1 Å². The van der Waals surface area contributed by atoms with Gasteiger partial charge in [0.25, 0.3) is 0 Å². The molecule has 0 aliphatic rings. The van der Waals surface area contributed by atoms with Gasteiger partial charge in [-0.2, -0.15) is 10.5 Å². The van der Waals surface area contributed by atoms with Crippen molar-refractivity contribution >= 4 is 52.9 Å². The van der Waals surface area contributed by atoms with E-state index in [1.807, 2.05) is 43.3 Å². The van der Waals surface area contributed by atoms with Crippen molar-refractivity contribution in [3.63, 3.8) is 0 Å². The first kappa shape index (κ1) is 48.0. The van der Waals surface area contributed by atoms with Crippen LogP contribution in [0.5, 0.6) is 11.5 Å². The standard InChI is InChI=1S/C26H23N5O4.C22H24ClN5O2/c1-17(2)35-26(32)34-16-33-24-21(10-9-19-8-4-11-28-23(19)24)22(31-25-29-12-5-13-30-25)20-7-3-6-18(14-20)15-27;1-5-11-26-21(25-2)27-20(16-8-6-7-15(12-16)14-24)18-13-17(23)9-10-19(18)30-22(29)28(3)4/h3-14,17,22H,16H2,1-2H3,(H,29,30,31);6-13,20H,5H2,1-4H3,(H,25,27)/b;26-11-. The second-order valence-electron chi connectivity index (χ2n) is 14.3. The average molecular weight is 895 g/mol. The summed E-state index contributed by atoms with van der Waals surface area (Å²) < 4.78 is 21.6. The van der Waals surface area contributed by atoms with Crippen molar-refractivity contribution in [3.05, 3.63) is 154 Å².